The van der Waals surface area contributed by atoms with Gasteiger partial charge in [-0.05, 0) is 55.9 Å². The van der Waals surface area contributed by atoms with Gasteiger partial charge in [0.2, 0.25) is 0 Å². The molecule has 1 aromatic rings. The second kappa shape index (κ2) is 7.35. The van der Waals surface area contributed by atoms with Crippen LogP contribution in [-0.4, -0.2) is 42.7 Å². The molecule has 1 amide bonds. The van der Waals surface area contributed by atoms with Crippen molar-refractivity contribution in [1.29, 1.82) is 0 Å². The third-order valence-corrected chi connectivity index (χ3v) is 4.37. The summed E-state index contributed by atoms with van der Waals surface area (Å²) in [6.45, 7) is 6.58. The average molecular weight is 317 g/mol. The molecule has 2 aliphatic rings. The summed E-state index contributed by atoms with van der Waals surface area (Å²) < 4.78 is 11.3. The number of carbonyl (C=O) groups excluding carboxylic acids is 1. The number of carbonyl (C=O) groups is 1. The van der Waals surface area contributed by atoms with Gasteiger partial charge in [-0.2, -0.15) is 0 Å². The van der Waals surface area contributed by atoms with Gasteiger partial charge in [0.1, 0.15) is 12.4 Å². The first-order valence-corrected chi connectivity index (χ1v) is 8.79. The van der Waals surface area contributed by atoms with Gasteiger partial charge in [-0.15, -0.1) is 0 Å². The van der Waals surface area contributed by atoms with Crippen molar-refractivity contribution in [3.05, 3.63) is 29.8 Å². The minimum atomic E-state index is 0.145. The number of rotatable bonds is 7. The fourth-order valence-corrected chi connectivity index (χ4v) is 3.00. The Labute approximate surface area is 138 Å². The molecule has 0 spiro atoms. The van der Waals surface area contributed by atoms with E-state index in [9.17, 15) is 4.79 Å². The summed E-state index contributed by atoms with van der Waals surface area (Å²) in [4.78, 5) is 14.7. The first-order chi connectivity index (χ1) is 11.1. The van der Waals surface area contributed by atoms with Crippen LogP contribution in [0.5, 0.6) is 5.75 Å². The van der Waals surface area contributed by atoms with Crippen molar-refractivity contribution < 1.29 is 14.3 Å². The van der Waals surface area contributed by atoms with Gasteiger partial charge in [-0.1, -0.05) is 13.8 Å². The van der Waals surface area contributed by atoms with Gasteiger partial charge in [0.25, 0.3) is 5.91 Å². The molecule has 4 heteroatoms. The fraction of sp³-hybridized carbons (Fsp3) is 0.632. The Morgan fingerprint density at radius 3 is 2.57 bits per heavy atom. The normalized spacial score (nSPS) is 20.7. The maximum absolute atomic E-state index is 12.7. The Balaban J connectivity index is 1.57. The SMILES string of the molecule is CC(C)CN(C(=O)c1ccc(OCC2CCCO2)cc1)C1CC1. The van der Waals surface area contributed by atoms with E-state index in [1.807, 2.05) is 29.2 Å². The van der Waals surface area contributed by atoms with Crippen LogP contribution in [0, 0.1) is 5.92 Å². The van der Waals surface area contributed by atoms with Gasteiger partial charge < -0.3 is 14.4 Å². The lowest BCUT2D eigenvalue weighted by Crippen LogP contribution is -2.36. The number of benzene rings is 1. The zero-order valence-corrected chi connectivity index (χ0v) is 14.2. The summed E-state index contributed by atoms with van der Waals surface area (Å²) in [6.07, 6.45) is 4.69. The molecule has 1 saturated carbocycles. The molecule has 1 unspecified atom stereocenters. The number of hydrogen-bond donors (Lipinski definition) is 0. The lowest BCUT2D eigenvalue weighted by molar-refractivity contribution is 0.0678. The summed E-state index contributed by atoms with van der Waals surface area (Å²) in [5, 5.41) is 0. The highest BCUT2D eigenvalue weighted by atomic mass is 16.5. The predicted molar refractivity (Wildman–Crippen MR) is 89.8 cm³/mol. The average Bonchev–Trinajstić information content (AvgIpc) is 3.26. The monoisotopic (exact) mass is 317 g/mol. The van der Waals surface area contributed by atoms with E-state index < -0.39 is 0 Å². The molecule has 1 saturated heterocycles. The summed E-state index contributed by atoms with van der Waals surface area (Å²) >= 11 is 0. The number of amides is 1. The van der Waals surface area contributed by atoms with Crippen LogP contribution in [0.15, 0.2) is 24.3 Å². The Hall–Kier alpha value is -1.55. The minimum absolute atomic E-state index is 0.145. The molecular formula is C19H27NO3. The van der Waals surface area contributed by atoms with E-state index in [1.54, 1.807) is 0 Å². The lowest BCUT2D eigenvalue weighted by atomic mass is 10.1. The number of nitrogens with zero attached hydrogens (tertiary/aromatic N) is 1. The summed E-state index contributed by atoms with van der Waals surface area (Å²) in [5.74, 6) is 1.44. The fourth-order valence-electron chi connectivity index (χ4n) is 3.00. The second-order valence-electron chi connectivity index (χ2n) is 7.05. The van der Waals surface area contributed by atoms with Gasteiger partial charge in [0, 0.05) is 24.8 Å². The van der Waals surface area contributed by atoms with Crippen LogP contribution in [0.3, 0.4) is 0 Å². The predicted octanol–water partition coefficient (Wildman–Crippen LogP) is 3.51. The van der Waals surface area contributed by atoms with Crippen LogP contribution in [0.4, 0.5) is 0 Å². The van der Waals surface area contributed by atoms with Crippen LogP contribution in [0.25, 0.3) is 0 Å². The number of hydrogen-bond acceptors (Lipinski definition) is 3. The standard InChI is InChI=1S/C19H27NO3/c1-14(2)12-20(16-7-8-16)19(21)15-5-9-17(10-6-15)23-13-18-4-3-11-22-18/h5-6,9-10,14,16,18H,3-4,7-8,11-13H2,1-2H3. The summed E-state index contributed by atoms with van der Waals surface area (Å²) in [5.41, 5.74) is 0.752. The van der Waals surface area contributed by atoms with Crippen molar-refractivity contribution in [2.24, 2.45) is 5.92 Å². The maximum atomic E-state index is 12.7. The molecule has 1 heterocycles. The molecule has 1 aliphatic carbocycles. The molecule has 1 atom stereocenters. The molecule has 0 bridgehead atoms. The maximum Gasteiger partial charge on any atom is 0.254 e. The minimum Gasteiger partial charge on any atom is -0.491 e. The smallest absolute Gasteiger partial charge is 0.254 e. The van der Waals surface area contributed by atoms with E-state index in [1.165, 1.54) is 0 Å². The third kappa shape index (κ3) is 4.47. The van der Waals surface area contributed by atoms with Crippen LogP contribution < -0.4 is 4.74 Å². The quantitative estimate of drug-likeness (QED) is 0.772. The molecule has 0 radical (unpaired) electrons. The topological polar surface area (TPSA) is 38.8 Å². The van der Waals surface area contributed by atoms with Crippen molar-refractivity contribution in [2.75, 3.05) is 19.8 Å². The molecule has 0 aromatic heterocycles. The highest BCUT2D eigenvalue weighted by Crippen LogP contribution is 2.29. The molecule has 23 heavy (non-hydrogen) atoms. The summed E-state index contributed by atoms with van der Waals surface area (Å²) in [6, 6.07) is 7.98. The first kappa shape index (κ1) is 16.3. The Morgan fingerprint density at radius 1 is 1.26 bits per heavy atom. The van der Waals surface area contributed by atoms with Gasteiger partial charge in [0.15, 0.2) is 0 Å². The third-order valence-electron chi connectivity index (χ3n) is 4.37. The molecule has 1 aromatic carbocycles. The van der Waals surface area contributed by atoms with Crippen molar-refractivity contribution in [2.45, 2.75) is 51.7 Å². The highest BCUT2D eigenvalue weighted by Gasteiger charge is 2.33. The van der Waals surface area contributed by atoms with Gasteiger partial charge >= 0.3 is 0 Å². The van der Waals surface area contributed by atoms with Crippen molar-refractivity contribution in [1.82, 2.24) is 4.90 Å². The molecule has 4 nitrogen and oxygen atoms in total. The van der Waals surface area contributed by atoms with Gasteiger partial charge in [-0.25, -0.2) is 0 Å². The Kier molecular flexibility index (Phi) is 5.21. The zero-order valence-electron chi connectivity index (χ0n) is 14.2. The van der Waals surface area contributed by atoms with Crippen LogP contribution in [0.1, 0.15) is 49.9 Å². The van der Waals surface area contributed by atoms with Gasteiger partial charge in [-0.3, -0.25) is 4.79 Å². The van der Waals surface area contributed by atoms with Crippen LogP contribution in [0.2, 0.25) is 0 Å². The van der Waals surface area contributed by atoms with Crippen molar-refractivity contribution >= 4 is 5.91 Å². The lowest BCUT2D eigenvalue weighted by Gasteiger charge is -2.24. The van der Waals surface area contributed by atoms with Crippen LogP contribution >= 0.6 is 0 Å². The van der Waals surface area contributed by atoms with E-state index in [2.05, 4.69) is 13.8 Å². The Bertz CT molecular complexity index is 516. The van der Waals surface area contributed by atoms with E-state index in [-0.39, 0.29) is 12.0 Å². The summed E-state index contributed by atoms with van der Waals surface area (Å²) in [7, 11) is 0. The highest BCUT2D eigenvalue weighted by molar-refractivity contribution is 5.94. The second-order valence-corrected chi connectivity index (χ2v) is 7.05. The van der Waals surface area contributed by atoms with Crippen LogP contribution in [-0.2, 0) is 4.74 Å². The van der Waals surface area contributed by atoms with E-state index in [4.69, 9.17) is 9.47 Å². The zero-order chi connectivity index (χ0) is 16.2. The van der Waals surface area contributed by atoms with E-state index in [0.717, 1.165) is 50.1 Å². The largest absolute Gasteiger partial charge is 0.491 e. The number of ether oxygens (including phenoxy) is 2. The molecule has 0 N–H and O–H groups in total. The van der Waals surface area contributed by atoms with E-state index >= 15 is 0 Å². The first-order valence-electron chi connectivity index (χ1n) is 8.79. The van der Waals surface area contributed by atoms with E-state index in [0.29, 0.717) is 18.6 Å². The molecular weight excluding hydrogens is 290 g/mol. The van der Waals surface area contributed by atoms with Crippen molar-refractivity contribution in [3.8, 4) is 5.75 Å². The molecule has 1 aliphatic heterocycles. The molecule has 3 rings (SSSR count). The van der Waals surface area contributed by atoms with Gasteiger partial charge in [0.05, 0.1) is 6.10 Å². The molecule has 2 fully saturated rings. The van der Waals surface area contributed by atoms with Crippen molar-refractivity contribution in [3.63, 3.8) is 0 Å². The Morgan fingerprint density at radius 2 is 2.00 bits per heavy atom. The molecule has 126 valence electrons.